The Hall–Kier alpha value is -0.730. The lowest BCUT2D eigenvalue weighted by Crippen LogP contribution is -2.16. The van der Waals surface area contributed by atoms with Crippen molar-refractivity contribution in [1.82, 2.24) is 0 Å². The summed E-state index contributed by atoms with van der Waals surface area (Å²) in [5.74, 6) is 0. The molecule has 0 amide bonds. The first-order valence-electron chi connectivity index (χ1n) is 1.74. The molecule has 0 atom stereocenters. The summed E-state index contributed by atoms with van der Waals surface area (Å²) in [4.78, 5) is 3.38. The highest BCUT2D eigenvalue weighted by Gasteiger charge is 1.87. The minimum absolute atomic E-state index is 0.421. The van der Waals surface area contributed by atoms with E-state index < -0.39 is 6.08 Å². The van der Waals surface area contributed by atoms with Crippen molar-refractivity contribution >= 4 is 6.08 Å². The van der Waals surface area contributed by atoms with Crippen LogP contribution >= 0.6 is 0 Å². The lowest BCUT2D eigenvalue weighted by molar-refractivity contribution is -0.246. The largest absolute Gasteiger partial charge is 0.599 e. The van der Waals surface area contributed by atoms with Crippen LogP contribution in [0.25, 0.3) is 0 Å². The molecule has 1 rings (SSSR count). The van der Waals surface area contributed by atoms with Gasteiger partial charge in [-0.2, -0.15) is 0 Å². The van der Waals surface area contributed by atoms with E-state index in [-0.39, 0.29) is 0 Å². The van der Waals surface area contributed by atoms with Gasteiger partial charge >= 0.3 is 0 Å². The minimum Gasteiger partial charge on any atom is -0.599 e. The van der Waals surface area contributed by atoms with E-state index in [1.807, 2.05) is 0 Å². The highest BCUT2D eigenvalue weighted by molar-refractivity contribution is 5.62. The van der Waals surface area contributed by atoms with E-state index in [2.05, 4.69) is 9.73 Å². The second-order valence-corrected chi connectivity index (χ2v) is 0.996. The Balaban J connectivity index is 2.45. The molecule has 0 saturated carbocycles. The third kappa shape index (κ3) is 0.429. The first kappa shape index (κ1) is 3.46. The summed E-state index contributed by atoms with van der Waals surface area (Å²) < 4.78 is 4.35. The van der Waals surface area contributed by atoms with Gasteiger partial charge in [0, 0.05) is 6.61 Å². The summed E-state index contributed by atoms with van der Waals surface area (Å²) in [6, 6.07) is 0. The first-order chi connectivity index (χ1) is 2.89. The fourth-order valence-electron chi connectivity index (χ4n) is 0.316. The van der Waals surface area contributed by atoms with Gasteiger partial charge in [-0.25, -0.2) is 0 Å². The van der Waals surface area contributed by atoms with Crippen LogP contribution in [0.1, 0.15) is 0 Å². The molecule has 0 aromatic carbocycles. The maximum atomic E-state index is 9.85. The van der Waals surface area contributed by atoms with E-state index in [0.717, 1.165) is 0 Å². The van der Waals surface area contributed by atoms with Crippen LogP contribution in [0.4, 0.5) is 0 Å². The monoisotopic (exact) mass is 86.0 g/mol. The lowest BCUT2D eigenvalue weighted by Gasteiger charge is -1.99. The molecule has 0 radical (unpaired) electrons. The van der Waals surface area contributed by atoms with E-state index in [1.165, 1.54) is 0 Å². The molecule has 0 aromatic heterocycles. The molecule has 0 saturated heterocycles. The van der Waals surface area contributed by atoms with Crippen molar-refractivity contribution in [2.24, 2.45) is 4.99 Å². The van der Waals surface area contributed by atoms with Crippen molar-refractivity contribution < 1.29 is 9.84 Å². The third-order valence-electron chi connectivity index (χ3n) is 0.558. The minimum atomic E-state index is -0.421. The topological polar surface area (TPSA) is 44.7 Å². The Kier molecular flexibility index (Phi) is 0.670. The summed E-state index contributed by atoms with van der Waals surface area (Å²) in [5, 5.41) is 9.85. The normalized spacial score (nSPS) is 19.7. The molecular formula is C3H4NO2-. The Bertz CT molecular complexity index is 78.9. The van der Waals surface area contributed by atoms with Crippen molar-refractivity contribution in [2.75, 3.05) is 13.2 Å². The van der Waals surface area contributed by atoms with Gasteiger partial charge in [0.1, 0.15) is 6.08 Å². The second-order valence-electron chi connectivity index (χ2n) is 0.996. The summed E-state index contributed by atoms with van der Waals surface area (Å²) in [5.41, 5.74) is 0. The van der Waals surface area contributed by atoms with Gasteiger partial charge in [-0.15, -0.1) is 0 Å². The van der Waals surface area contributed by atoms with Gasteiger partial charge in [0.2, 0.25) is 0 Å². The molecule has 0 unspecified atom stereocenters. The van der Waals surface area contributed by atoms with Crippen LogP contribution in [0, 0.1) is 0 Å². The Morgan fingerprint density at radius 2 is 2.67 bits per heavy atom. The van der Waals surface area contributed by atoms with Crippen LogP contribution in [-0.2, 0) is 4.74 Å². The second kappa shape index (κ2) is 1.16. The molecule has 0 bridgehead atoms. The van der Waals surface area contributed by atoms with Gasteiger partial charge in [0.05, 0.1) is 6.54 Å². The van der Waals surface area contributed by atoms with Crippen molar-refractivity contribution in [1.29, 1.82) is 0 Å². The van der Waals surface area contributed by atoms with E-state index in [0.29, 0.717) is 13.2 Å². The molecule has 34 valence electrons. The maximum Gasteiger partial charge on any atom is 0.145 e. The van der Waals surface area contributed by atoms with Gasteiger partial charge in [0.25, 0.3) is 0 Å². The highest BCUT2D eigenvalue weighted by Crippen LogP contribution is 1.84. The number of aliphatic imine (C=N–C) groups is 1. The fourth-order valence-corrected chi connectivity index (χ4v) is 0.316. The number of rotatable bonds is 0. The zero-order valence-corrected chi connectivity index (χ0v) is 3.18. The average molecular weight is 86.1 g/mol. The van der Waals surface area contributed by atoms with E-state index >= 15 is 0 Å². The molecule has 0 spiro atoms. The molecule has 3 heteroatoms. The van der Waals surface area contributed by atoms with Crippen molar-refractivity contribution in [3.8, 4) is 0 Å². The number of nitrogens with zero attached hydrogens (tertiary/aromatic N) is 1. The molecule has 0 fully saturated rings. The molecular weight excluding hydrogens is 82.0 g/mol. The Morgan fingerprint density at radius 3 is 2.83 bits per heavy atom. The number of hydrogen-bond donors (Lipinski definition) is 0. The summed E-state index contributed by atoms with van der Waals surface area (Å²) in [6.45, 7) is 1.01. The smallest absolute Gasteiger partial charge is 0.145 e. The van der Waals surface area contributed by atoms with Crippen molar-refractivity contribution in [2.45, 2.75) is 0 Å². The maximum absolute atomic E-state index is 9.85. The Labute approximate surface area is 35.3 Å². The van der Waals surface area contributed by atoms with Crippen LogP contribution in [-0.4, -0.2) is 19.2 Å². The molecule has 1 aliphatic rings. The molecule has 0 aliphatic carbocycles. The lowest BCUT2D eigenvalue weighted by atomic mass is 10.8. The molecule has 6 heavy (non-hydrogen) atoms. The summed E-state index contributed by atoms with van der Waals surface area (Å²) >= 11 is 0. The van der Waals surface area contributed by atoms with Crippen LogP contribution in [0.3, 0.4) is 0 Å². The van der Waals surface area contributed by atoms with Crippen LogP contribution in [0.5, 0.6) is 0 Å². The summed E-state index contributed by atoms with van der Waals surface area (Å²) in [6.07, 6.45) is -0.421. The Morgan fingerprint density at radius 1 is 1.83 bits per heavy atom. The van der Waals surface area contributed by atoms with Crippen LogP contribution < -0.4 is 5.11 Å². The zero-order chi connectivity index (χ0) is 4.41. The van der Waals surface area contributed by atoms with Crippen molar-refractivity contribution in [3.05, 3.63) is 0 Å². The molecule has 0 N–H and O–H groups in total. The predicted molar refractivity (Wildman–Crippen MR) is 18.3 cm³/mol. The van der Waals surface area contributed by atoms with E-state index in [9.17, 15) is 5.11 Å². The molecule has 0 aromatic rings. The van der Waals surface area contributed by atoms with Crippen LogP contribution in [0.2, 0.25) is 0 Å². The summed E-state index contributed by atoms with van der Waals surface area (Å²) in [7, 11) is 0. The quantitative estimate of drug-likeness (QED) is 0.369. The third-order valence-corrected chi connectivity index (χ3v) is 0.558. The molecule has 1 heterocycles. The number of hydrogen-bond acceptors (Lipinski definition) is 3. The van der Waals surface area contributed by atoms with E-state index in [4.69, 9.17) is 0 Å². The highest BCUT2D eigenvalue weighted by atomic mass is 16.6. The fraction of sp³-hybridized carbons (Fsp3) is 0.667. The first-order valence-corrected chi connectivity index (χ1v) is 1.74. The van der Waals surface area contributed by atoms with Crippen LogP contribution in [0.15, 0.2) is 4.99 Å². The van der Waals surface area contributed by atoms with Gasteiger partial charge in [-0.1, -0.05) is 0 Å². The molecule has 3 nitrogen and oxygen atoms in total. The van der Waals surface area contributed by atoms with Crippen molar-refractivity contribution in [3.63, 3.8) is 0 Å². The standard InChI is InChI=1S/C3H5NO2/c5-3-4-1-2-6-3/h1-2H2,(H,4,5)/p-1. The zero-order valence-electron chi connectivity index (χ0n) is 3.18. The van der Waals surface area contributed by atoms with Gasteiger partial charge in [0.15, 0.2) is 0 Å². The molecule has 1 aliphatic heterocycles. The van der Waals surface area contributed by atoms with Gasteiger partial charge in [-0.3, -0.25) is 4.99 Å². The SMILES string of the molecule is [O-]C1=NCCO1. The van der Waals surface area contributed by atoms with E-state index in [1.54, 1.807) is 0 Å². The van der Waals surface area contributed by atoms with Gasteiger partial charge < -0.3 is 9.84 Å². The number of ether oxygens (including phenoxy) is 1. The predicted octanol–water partition coefficient (Wildman–Crippen LogP) is -1.27. The average Bonchev–Trinajstić information content (AvgIpc) is 1.86. The van der Waals surface area contributed by atoms with Gasteiger partial charge in [-0.05, 0) is 0 Å².